The van der Waals surface area contributed by atoms with Gasteiger partial charge in [-0.15, -0.1) is 0 Å². The number of nitrogens with zero attached hydrogens (tertiary/aromatic N) is 6. The minimum Gasteiger partial charge on any atom is -0.368 e. The lowest BCUT2D eigenvalue weighted by atomic mass is 10.6. The first-order valence-corrected chi connectivity index (χ1v) is 4.83. The van der Waals surface area contributed by atoms with E-state index in [1.807, 2.05) is 14.1 Å². The van der Waals surface area contributed by atoms with Crippen molar-refractivity contribution in [2.24, 2.45) is 0 Å². The Morgan fingerprint density at radius 2 is 2.18 bits per heavy atom. The van der Waals surface area contributed by atoms with Gasteiger partial charge in [0, 0.05) is 14.1 Å². The topological polar surface area (TPSA) is 119 Å². The van der Waals surface area contributed by atoms with E-state index >= 15 is 0 Å². The minimum absolute atomic E-state index is 0.152. The van der Waals surface area contributed by atoms with Gasteiger partial charge in [0.15, 0.2) is 5.82 Å². The molecule has 0 amide bonds. The Morgan fingerprint density at radius 3 is 2.82 bits per heavy atom. The van der Waals surface area contributed by atoms with Gasteiger partial charge in [-0.2, -0.15) is 19.9 Å². The molecule has 3 N–H and O–H groups in total. The molecule has 90 valence electrons. The molecule has 0 aliphatic carbocycles. The van der Waals surface area contributed by atoms with Gasteiger partial charge in [0.25, 0.3) is 0 Å². The Bertz CT molecular complexity index is 482. The van der Waals surface area contributed by atoms with Crippen LogP contribution in [-0.4, -0.2) is 39.2 Å². The molecule has 2 rings (SSSR count). The molecule has 0 bridgehead atoms. The zero-order valence-corrected chi connectivity index (χ0v) is 9.45. The Balaban J connectivity index is 2.10. The second kappa shape index (κ2) is 4.60. The molecule has 2 aromatic heterocycles. The fraction of sp³-hybridized carbons (Fsp3) is 0.375. The van der Waals surface area contributed by atoms with Gasteiger partial charge >= 0.3 is 0 Å². The lowest BCUT2D eigenvalue weighted by molar-refractivity contribution is 0.411. The van der Waals surface area contributed by atoms with Gasteiger partial charge < -0.3 is 20.5 Å². The van der Waals surface area contributed by atoms with Gasteiger partial charge in [0.2, 0.25) is 24.2 Å². The molecule has 0 radical (unpaired) electrons. The predicted octanol–water partition coefficient (Wildman–Crippen LogP) is -0.485. The average molecular weight is 236 g/mol. The molecule has 2 aromatic rings. The molecular formula is C8H12N8O. The molecular weight excluding hydrogens is 224 g/mol. The van der Waals surface area contributed by atoms with Crippen molar-refractivity contribution in [1.82, 2.24) is 25.1 Å². The van der Waals surface area contributed by atoms with Crippen LogP contribution >= 0.6 is 0 Å². The molecule has 0 aliphatic rings. The molecule has 9 heteroatoms. The SMILES string of the molecule is CN(C)c1nc(N)nc(NCc2ncon2)n1. The molecule has 0 saturated heterocycles. The van der Waals surface area contributed by atoms with Gasteiger partial charge in [-0.1, -0.05) is 5.16 Å². The first-order chi connectivity index (χ1) is 8.15. The van der Waals surface area contributed by atoms with Crippen LogP contribution in [-0.2, 0) is 6.54 Å². The fourth-order valence-corrected chi connectivity index (χ4v) is 1.09. The molecule has 0 aromatic carbocycles. The number of anilines is 3. The van der Waals surface area contributed by atoms with Crippen LogP contribution < -0.4 is 16.0 Å². The van der Waals surface area contributed by atoms with Gasteiger partial charge in [0.1, 0.15) is 0 Å². The van der Waals surface area contributed by atoms with Crippen molar-refractivity contribution < 1.29 is 4.52 Å². The third kappa shape index (κ3) is 2.77. The summed E-state index contributed by atoms with van der Waals surface area (Å²) >= 11 is 0. The Hall–Kier alpha value is -2.45. The van der Waals surface area contributed by atoms with Crippen LogP contribution in [0.5, 0.6) is 0 Å². The van der Waals surface area contributed by atoms with Crippen molar-refractivity contribution in [2.45, 2.75) is 6.54 Å². The van der Waals surface area contributed by atoms with E-state index in [9.17, 15) is 0 Å². The highest BCUT2D eigenvalue weighted by molar-refractivity contribution is 5.40. The lowest BCUT2D eigenvalue weighted by Crippen LogP contribution is -2.16. The summed E-state index contributed by atoms with van der Waals surface area (Å²) in [5.74, 6) is 1.51. The highest BCUT2D eigenvalue weighted by Gasteiger charge is 2.06. The molecule has 0 saturated carbocycles. The summed E-state index contributed by atoms with van der Waals surface area (Å²) in [5.41, 5.74) is 5.57. The van der Waals surface area contributed by atoms with Crippen LogP contribution in [0.2, 0.25) is 0 Å². The number of nitrogen functional groups attached to an aromatic ring is 1. The predicted molar refractivity (Wildman–Crippen MR) is 60.2 cm³/mol. The van der Waals surface area contributed by atoms with Crippen LogP contribution in [0.15, 0.2) is 10.9 Å². The highest BCUT2D eigenvalue weighted by atomic mass is 16.5. The molecule has 2 heterocycles. The number of hydrogen-bond donors (Lipinski definition) is 2. The van der Waals surface area contributed by atoms with Gasteiger partial charge in [-0.05, 0) is 0 Å². The fourth-order valence-electron chi connectivity index (χ4n) is 1.09. The molecule has 0 spiro atoms. The number of nitrogens with two attached hydrogens (primary N) is 1. The average Bonchev–Trinajstić information content (AvgIpc) is 2.78. The van der Waals surface area contributed by atoms with Crippen LogP contribution in [0.1, 0.15) is 5.82 Å². The number of nitrogens with one attached hydrogen (secondary N) is 1. The van der Waals surface area contributed by atoms with Crippen LogP contribution in [0.4, 0.5) is 17.8 Å². The Morgan fingerprint density at radius 1 is 1.35 bits per heavy atom. The first-order valence-electron chi connectivity index (χ1n) is 4.83. The monoisotopic (exact) mass is 236 g/mol. The van der Waals surface area contributed by atoms with Crippen molar-refractivity contribution in [3.63, 3.8) is 0 Å². The first kappa shape index (κ1) is 11.0. The number of hydrogen-bond acceptors (Lipinski definition) is 9. The second-order valence-corrected chi connectivity index (χ2v) is 3.41. The molecule has 9 nitrogen and oxygen atoms in total. The minimum atomic E-state index is 0.152. The molecule has 0 fully saturated rings. The quantitative estimate of drug-likeness (QED) is 0.724. The summed E-state index contributed by atoms with van der Waals surface area (Å²) < 4.78 is 4.60. The van der Waals surface area contributed by atoms with E-state index in [1.165, 1.54) is 6.39 Å². The zero-order chi connectivity index (χ0) is 12.3. The van der Waals surface area contributed by atoms with Crippen LogP contribution in [0.3, 0.4) is 0 Å². The smallest absolute Gasteiger partial charge is 0.231 e. The van der Waals surface area contributed by atoms with E-state index in [0.717, 1.165) is 0 Å². The summed E-state index contributed by atoms with van der Waals surface area (Å²) in [6, 6.07) is 0. The van der Waals surface area contributed by atoms with Crippen molar-refractivity contribution in [1.29, 1.82) is 0 Å². The van der Waals surface area contributed by atoms with Crippen molar-refractivity contribution in [3.05, 3.63) is 12.2 Å². The summed E-state index contributed by atoms with van der Waals surface area (Å²) in [6.07, 6.45) is 1.25. The normalized spacial score (nSPS) is 10.2. The number of aromatic nitrogens is 5. The maximum atomic E-state index is 5.57. The maximum Gasteiger partial charge on any atom is 0.231 e. The third-order valence-electron chi connectivity index (χ3n) is 1.85. The number of rotatable bonds is 4. The van der Waals surface area contributed by atoms with E-state index in [0.29, 0.717) is 24.3 Å². The van der Waals surface area contributed by atoms with E-state index in [2.05, 4.69) is 34.9 Å². The second-order valence-electron chi connectivity index (χ2n) is 3.41. The zero-order valence-electron chi connectivity index (χ0n) is 9.45. The summed E-state index contributed by atoms with van der Waals surface area (Å²) in [4.78, 5) is 17.7. The van der Waals surface area contributed by atoms with E-state index in [-0.39, 0.29) is 5.95 Å². The highest BCUT2D eigenvalue weighted by Crippen LogP contribution is 2.09. The molecule has 17 heavy (non-hydrogen) atoms. The molecule has 0 aliphatic heterocycles. The van der Waals surface area contributed by atoms with Crippen molar-refractivity contribution in [3.8, 4) is 0 Å². The Kier molecular flexibility index (Phi) is 2.99. The van der Waals surface area contributed by atoms with Gasteiger partial charge in [-0.25, -0.2) is 0 Å². The van der Waals surface area contributed by atoms with Gasteiger partial charge in [-0.3, -0.25) is 0 Å². The van der Waals surface area contributed by atoms with Crippen molar-refractivity contribution >= 4 is 17.8 Å². The van der Waals surface area contributed by atoms with Crippen LogP contribution in [0.25, 0.3) is 0 Å². The summed E-state index contributed by atoms with van der Waals surface area (Å²) in [6.45, 7) is 0.354. The summed E-state index contributed by atoms with van der Waals surface area (Å²) in [5, 5.41) is 6.58. The summed E-state index contributed by atoms with van der Waals surface area (Å²) in [7, 11) is 3.63. The van der Waals surface area contributed by atoms with E-state index < -0.39 is 0 Å². The maximum absolute atomic E-state index is 5.57. The van der Waals surface area contributed by atoms with Crippen LogP contribution in [0, 0.1) is 0 Å². The molecule has 0 atom stereocenters. The third-order valence-corrected chi connectivity index (χ3v) is 1.85. The van der Waals surface area contributed by atoms with E-state index in [1.54, 1.807) is 4.90 Å². The largest absolute Gasteiger partial charge is 0.368 e. The van der Waals surface area contributed by atoms with Crippen molar-refractivity contribution in [2.75, 3.05) is 30.0 Å². The van der Waals surface area contributed by atoms with E-state index in [4.69, 9.17) is 5.73 Å². The Labute approximate surface area is 97.1 Å². The molecule has 0 unspecified atom stereocenters. The van der Waals surface area contributed by atoms with Gasteiger partial charge in [0.05, 0.1) is 6.54 Å². The lowest BCUT2D eigenvalue weighted by Gasteiger charge is -2.11. The standard InChI is InChI=1S/C8H12N8O/c1-16(2)8-13-6(9)12-7(14-8)10-3-5-11-4-17-15-5/h4H,3H2,1-2H3,(H3,9,10,12,13,14).